The van der Waals surface area contributed by atoms with Crippen LogP contribution in [0.15, 0.2) is 12.2 Å². The van der Waals surface area contributed by atoms with Gasteiger partial charge in [-0.1, -0.05) is 64.0 Å². The summed E-state index contributed by atoms with van der Waals surface area (Å²) < 4.78 is 0. The zero-order chi connectivity index (χ0) is 11.2. The van der Waals surface area contributed by atoms with Crippen molar-refractivity contribution in [1.82, 2.24) is 0 Å². The second-order valence-electron chi connectivity index (χ2n) is 5.85. The first-order valence-corrected chi connectivity index (χ1v) is 7.58. The van der Waals surface area contributed by atoms with Crippen molar-refractivity contribution in [3.05, 3.63) is 12.2 Å². The Morgan fingerprint density at radius 2 is 1.56 bits per heavy atom. The summed E-state index contributed by atoms with van der Waals surface area (Å²) in [5, 5.41) is 0. The van der Waals surface area contributed by atoms with Gasteiger partial charge in [-0.05, 0) is 37.0 Å². The molecule has 0 saturated heterocycles. The van der Waals surface area contributed by atoms with Crippen LogP contribution in [0.4, 0.5) is 0 Å². The van der Waals surface area contributed by atoms with E-state index in [2.05, 4.69) is 19.1 Å². The molecule has 0 amide bonds. The summed E-state index contributed by atoms with van der Waals surface area (Å²) in [6.45, 7) is 2.26. The van der Waals surface area contributed by atoms with Gasteiger partial charge >= 0.3 is 0 Å². The van der Waals surface area contributed by atoms with E-state index >= 15 is 0 Å². The Bertz CT molecular complexity index is 210. The highest BCUT2D eigenvalue weighted by molar-refractivity contribution is 4.95. The van der Waals surface area contributed by atoms with Gasteiger partial charge in [0.2, 0.25) is 0 Å². The molecule has 0 spiro atoms. The molecule has 92 valence electrons. The predicted octanol–water partition coefficient (Wildman–Crippen LogP) is 5.34. The minimum absolute atomic E-state index is 0.928. The molecule has 0 bridgehead atoms. The Morgan fingerprint density at radius 3 is 2.31 bits per heavy atom. The molecule has 2 saturated carbocycles. The zero-order valence-corrected chi connectivity index (χ0v) is 11.0. The molecule has 2 atom stereocenters. The fourth-order valence-corrected chi connectivity index (χ4v) is 3.89. The molecule has 2 unspecified atom stereocenters. The molecule has 0 aromatic heterocycles. The van der Waals surface area contributed by atoms with Crippen LogP contribution in [-0.4, -0.2) is 0 Å². The van der Waals surface area contributed by atoms with Crippen LogP contribution in [0.2, 0.25) is 0 Å². The van der Waals surface area contributed by atoms with Crippen molar-refractivity contribution in [2.24, 2.45) is 17.8 Å². The third-order valence-corrected chi connectivity index (χ3v) is 4.75. The van der Waals surface area contributed by atoms with E-state index in [-0.39, 0.29) is 0 Å². The quantitative estimate of drug-likeness (QED) is 0.563. The van der Waals surface area contributed by atoms with Gasteiger partial charge in [0.05, 0.1) is 0 Å². The van der Waals surface area contributed by atoms with E-state index < -0.39 is 0 Å². The highest BCUT2D eigenvalue weighted by Crippen LogP contribution is 2.42. The van der Waals surface area contributed by atoms with Gasteiger partial charge in [-0.15, -0.1) is 0 Å². The smallest absolute Gasteiger partial charge is 0.0203 e. The number of allylic oxidation sites excluding steroid dienone is 2. The summed E-state index contributed by atoms with van der Waals surface area (Å²) in [6.07, 6.45) is 19.7. The van der Waals surface area contributed by atoms with Crippen LogP contribution in [0.1, 0.15) is 71.1 Å². The van der Waals surface area contributed by atoms with E-state index in [4.69, 9.17) is 0 Å². The lowest BCUT2D eigenvalue weighted by atomic mass is 9.68. The van der Waals surface area contributed by atoms with Crippen LogP contribution in [-0.2, 0) is 0 Å². The molecule has 2 rings (SSSR count). The van der Waals surface area contributed by atoms with Crippen molar-refractivity contribution in [2.45, 2.75) is 71.1 Å². The largest absolute Gasteiger partial charge is 0.0885 e. The minimum atomic E-state index is 0.928. The number of hydrogen-bond donors (Lipinski definition) is 0. The highest BCUT2D eigenvalue weighted by atomic mass is 14.4. The maximum atomic E-state index is 2.55. The lowest BCUT2D eigenvalue weighted by molar-refractivity contribution is 0.155. The lowest BCUT2D eigenvalue weighted by Crippen LogP contribution is -2.27. The predicted molar refractivity (Wildman–Crippen MR) is 71.5 cm³/mol. The molecule has 0 aromatic carbocycles. The van der Waals surface area contributed by atoms with E-state index in [0.717, 1.165) is 17.8 Å². The molecule has 2 aliphatic carbocycles. The molecule has 2 fully saturated rings. The monoisotopic (exact) mass is 220 g/mol. The highest BCUT2D eigenvalue weighted by Gasteiger charge is 2.30. The Labute approximate surface area is 102 Å². The Balaban J connectivity index is 1.94. The molecule has 0 heterocycles. The maximum absolute atomic E-state index is 2.55. The van der Waals surface area contributed by atoms with Gasteiger partial charge in [-0.2, -0.15) is 0 Å². The second-order valence-corrected chi connectivity index (χ2v) is 5.85. The molecule has 0 aromatic rings. The summed E-state index contributed by atoms with van der Waals surface area (Å²) in [7, 11) is 0. The number of hydrogen-bond acceptors (Lipinski definition) is 0. The fraction of sp³-hybridized carbons (Fsp3) is 0.875. The Hall–Kier alpha value is -0.260. The van der Waals surface area contributed by atoms with Gasteiger partial charge in [-0.3, -0.25) is 0 Å². The third-order valence-electron chi connectivity index (χ3n) is 4.75. The lowest BCUT2D eigenvalue weighted by Gasteiger charge is -2.38. The molecular formula is C16H28. The van der Waals surface area contributed by atoms with Crippen molar-refractivity contribution in [3.63, 3.8) is 0 Å². The zero-order valence-electron chi connectivity index (χ0n) is 11.0. The van der Waals surface area contributed by atoms with E-state index in [0.29, 0.717) is 0 Å². The molecule has 0 radical (unpaired) electrons. The summed E-state index contributed by atoms with van der Waals surface area (Å²) in [4.78, 5) is 0. The summed E-state index contributed by atoms with van der Waals surface area (Å²) in [6, 6.07) is 0. The van der Waals surface area contributed by atoms with E-state index in [1.54, 1.807) is 0 Å². The van der Waals surface area contributed by atoms with Crippen LogP contribution in [0.3, 0.4) is 0 Å². The Kier molecular flexibility index (Phi) is 4.93. The number of rotatable bonds is 3. The van der Waals surface area contributed by atoms with Gasteiger partial charge in [0.15, 0.2) is 0 Å². The summed E-state index contributed by atoms with van der Waals surface area (Å²) >= 11 is 0. The maximum Gasteiger partial charge on any atom is -0.0203 e. The van der Waals surface area contributed by atoms with Crippen LogP contribution in [0, 0.1) is 17.8 Å². The van der Waals surface area contributed by atoms with Crippen molar-refractivity contribution in [2.75, 3.05) is 0 Å². The molecule has 16 heavy (non-hydrogen) atoms. The molecule has 0 heteroatoms. The molecule has 0 N–H and O–H groups in total. The topological polar surface area (TPSA) is 0 Å². The SMILES string of the molecule is CC/C=C\C1CCCCC1C1CCCCC1. The average Bonchev–Trinajstić information content (AvgIpc) is 2.38. The molecule has 2 aliphatic rings. The standard InChI is InChI=1S/C16H28/c1-2-3-9-14-12-7-8-13-16(14)15-10-5-4-6-11-15/h3,9,14-16H,2,4-8,10-13H2,1H3/b9-3-. The van der Waals surface area contributed by atoms with Gasteiger partial charge in [0.1, 0.15) is 0 Å². The summed E-state index contributed by atoms with van der Waals surface area (Å²) in [5.41, 5.74) is 0. The molecule has 0 aliphatic heterocycles. The summed E-state index contributed by atoms with van der Waals surface area (Å²) in [5.74, 6) is 3.04. The normalized spacial score (nSPS) is 33.3. The first-order chi connectivity index (χ1) is 7.92. The van der Waals surface area contributed by atoms with Crippen LogP contribution < -0.4 is 0 Å². The Morgan fingerprint density at radius 1 is 0.875 bits per heavy atom. The fourth-order valence-electron chi connectivity index (χ4n) is 3.89. The van der Waals surface area contributed by atoms with Crippen molar-refractivity contribution < 1.29 is 0 Å². The van der Waals surface area contributed by atoms with Gasteiger partial charge in [0.25, 0.3) is 0 Å². The van der Waals surface area contributed by atoms with E-state index in [9.17, 15) is 0 Å². The minimum Gasteiger partial charge on any atom is -0.0885 e. The molecular weight excluding hydrogens is 192 g/mol. The first kappa shape index (κ1) is 12.2. The first-order valence-electron chi connectivity index (χ1n) is 7.58. The third kappa shape index (κ3) is 3.12. The van der Waals surface area contributed by atoms with E-state index in [1.807, 2.05) is 0 Å². The molecule has 0 nitrogen and oxygen atoms in total. The average molecular weight is 220 g/mol. The van der Waals surface area contributed by atoms with Crippen molar-refractivity contribution >= 4 is 0 Å². The second kappa shape index (κ2) is 6.47. The van der Waals surface area contributed by atoms with Crippen molar-refractivity contribution in [1.29, 1.82) is 0 Å². The van der Waals surface area contributed by atoms with Crippen LogP contribution in [0.25, 0.3) is 0 Å². The van der Waals surface area contributed by atoms with Crippen molar-refractivity contribution in [3.8, 4) is 0 Å². The van der Waals surface area contributed by atoms with Gasteiger partial charge < -0.3 is 0 Å². The van der Waals surface area contributed by atoms with Gasteiger partial charge in [-0.25, -0.2) is 0 Å². The van der Waals surface area contributed by atoms with E-state index in [1.165, 1.54) is 64.2 Å². The van der Waals surface area contributed by atoms with Crippen LogP contribution >= 0.6 is 0 Å². The van der Waals surface area contributed by atoms with Crippen LogP contribution in [0.5, 0.6) is 0 Å². The van der Waals surface area contributed by atoms with Gasteiger partial charge in [0, 0.05) is 0 Å².